The molecule has 2 aromatic heterocycles. The molecule has 0 bridgehead atoms. The molecule has 57 heavy (non-hydrogen) atoms. The van der Waals surface area contributed by atoms with Gasteiger partial charge in [-0.15, -0.1) is 5.10 Å². The van der Waals surface area contributed by atoms with Crippen LogP contribution >= 0.6 is 0 Å². The predicted octanol–water partition coefficient (Wildman–Crippen LogP) is 3.33. The van der Waals surface area contributed by atoms with E-state index >= 15 is 0 Å². The molecule has 0 radical (unpaired) electrons. The zero-order valence-electron chi connectivity index (χ0n) is 32.9. The van der Waals surface area contributed by atoms with Crippen LogP contribution in [-0.4, -0.2) is 83.6 Å². The Morgan fingerprint density at radius 3 is 2.28 bits per heavy atom. The van der Waals surface area contributed by atoms with Gasteiger partial charge >= 0.3 is 0 Å². The number of nitrogens with one attached hydrogen (secondary N) is 6. The third-order valence-electron chi connectivity index (χ3n) is 10.2. The largest absolute Gasteiger partial charge is 0.390 e. The number of carbonyl (C=O) groups excluding carboxylic acids is 4. The fourth-order valence-corrected chi connectivity index (χ4v) is 6.91. The van der Waals surface area contributed by atoms with E-state index in [1.807, 2.05) is 100 Å². The molecule has 15 heteroatoms. The van der Waals surface area contributed by atoms with E-state index in [2.05, 4.69) is 51.9 Å². The summed E-state index contributed by atoms with van der Waals surface area (Å²) in [5.41, 5.74) is 2.58. The lowest BCUT2D eigenvalue weighted by Crippen LogP contribution is -2.55. The number of hydrogen-bond donors (Lipinski definition) is 7. The lowest BCUT2D eigenvalue weighted by molar-refractivity contribution is -0.133. The van der Waals surface area contributed by atoms with Gasteiger partial charge in [0.25, 0.3) is 0 Å². The number of fused-ring (bicyclic) bond motifs is 1. The van der Waals surface area contributed by atoms with Gasteiger partial charge in [0.15, 0.2) is 5.82 Å². The average Bonchev–Trinajstić information content (AvgIpc) is 3.93. The normalized spacial score (nSPS) is 14.6. The van der Waals surface area contributed by atoms with Crippen LogP contribution in [0.4, 0.5) is 0 Å². The summed E-state index contributed by atoms with van der Waals surface area (Å²) >= 11 is 0. The molecule has 2 heterocycles. The van der Waals surface area contributed by atoms with Crippen LogP contribution in [0.2, 0.25) is 0 Å². The highest BCUT2D eigenvalue weighted by Gasteiger charge is 2.33. The number of aliphatic hydroxyl groups is 1. The Bertz CT molecular complexity index is 2020. The number of aliphatic hydroxyl groups excluding tert-OH is 1. The first-order valence-electron chi connectivity index (χ1n) is 19.6. The summed E-state index contributed by atoms with van der Waals surface area (Å²) in [6.45, 7) is 7.70. The third kappa shape index (κ3) is 12.5. The first-order valence-corrected chi connectivity index (χ1v) is 19.6. The van der Waals surface area contributed by atoms with Crippen molar-refractivity contribution in [3.63, 3.8) is 0 Å². The highest BCUT2D eigenvalue weighted by Crippen LogP contribution is 2.24. The molecule has 15 nitrogen and oxygen atoms in total. The molecular weight excluding hydrogens is 725 g/mol. The van der Waals surface area contributed by atoms with Crippen molar-refractivity contribution in [1.82, 2.24) is 51.9 Å². The second kappa shape index (κ2) is 20.8. The molecule has 302 valence electrons. The Morgan fingerprint density at radius 1 is 0.825 bits per heavy atom. The van der Waals surface area contributed by atoms with Crippen LogP contribution in [0.15, 0.2) is 85.3 Å². The monoisotopic (exact) mass is 778 g/mol. The molecule has 0 aliphatic carbocycles. The van der Waals surface area contributed by atoms with Crippen LogP contribution in [0.3, 0.4) is 0 Å². The first kappa shape index (κ1) is 42.2. The topological polar surface area (TPSA) is 220 Å². The fourth-order valence-electron chi connectivity index (χ4n) is 6.91. The van der Waals surface area contributed by atoms with Crippen molar-refractivity contribution in [2.45, 2.75) is 97.0 Å². The van der Waals surface area contributed by atoms with Gasteiger partial charge in [-0.05, 0) is 63.4 Å². The lowest BCUT2D eigenvalue weighted by atomic mass is 9.89. The number of nitrogens with zero attached hydrogens (tertiary/aromatic N) is 4. The van der Waals surface area contributed by atoms with E-state index in [9.17, 15) is 24.3 Å². The van der Waals surface area contributed by atoms with Crippen molar-refractivity contribution >= 4 is 34.4 Å². The smallest absolute Gasteiger partial charge is 0.243 e. The SMILES string of the molecule is CC[C@H](C)[C@H](NC(=O)C[C@H](O)[C@H](CC(C)C)NC(=O)[C@H](Cc1c[nH]cn1)NC(=O)C(Cc1ccccc1)Cc1cccc2ccccc12)C(=O)NCc1nnn[nH]1. The zero-order valence-corrected chi connectivity index (χ0v) is 32.9. The van der Waals surface area contributed by atoms with Crippen molar-refractivity contribution in [3.8, 4) is 0 Å². The van der Waals surface area contributed by atoms with E-state index in [1.165, 1.54) is 6.33 Å². The quantitative estimate of drug-likeness (QED) is 0.0580. The maximum absolute atomic E-state index is 14.4. The van der Waals surface area contributed by atoms with Crippen molar-refractivity contribution < 1.29 is 24.3 Å². The molecular formula is C42H54N10O5. The van der Waals surface area contributed by atoms with Crippen LogP contribution in [0.25, 0.3) is 10.8 Å². The van der Waals surface area contributed by atoms with E-state index in [4.69, 9.17) is 0 Å². The number of imidazole rings is 1. The molecule has 0 aliphatic rings. The Labute approximate surface area is 332 Å². The molecule has 5 aromatic rings. The lowest BCUT2D eigenvalue weighted by Gasteiger charge is -2.29. The molecule has 0 fully saturated rings. The summed E-state index contributed by atoms with van der Waals surface area (Å²) < 4.78 is 0. The van der Waals surface area contributed by atoms with Crippen molar-refractivity contribution in [2.75, 3.05) is 0 Å². The number of rotatable bonds is 21. The molecule has 1 unspecified atom stereocenters. The van der Waals surface area contributed by atoms with Gasteiger partial charge < -0.3 is 31.4 Å². The van der Waals surface area contributed by atoms with Crippen LogP contribution in [0.5, 0.6) is 0 Å². The minimum Gasteiger partial charge on any atom is -0.390 e. The molecule has 7 N–H and O–H groups in total. The van der Waals surface area contributed by atoms with Gasteiger partial charge in [0.2, 0.25) is 23.6 Å². The number of hydrogen-bond acceptors (Lipinski definition) is 9. The maximum atomic E-state index is 14.4. The highest BCUT2D eigenvalue weighted by molar-refractivity contribution is 5.91. The summed E-state index contributed by atoms with van der Waals surface area (Å²) in [6.07, 6.45) is 3.44. The van der Waals surface area contributed by atoms with Gasteiger partial charge in [-0.2, -0.15) is 0 Å². The van der Waals surface area contributed by atoms with Crippen LogP contribution in [0.1, 0.15) is 69.6 Å². The van der Waals surface area contributed by atoms with E-state index in [0.29, 0.717) is 37.2 Å². The van der Waals surface area contributed by atoms with Crippen molar-refractivity contribution in [1.29, 1.82) is 0 Å². The van der Waals surface area contributed by atoms with E-state index in [-0.39, 0.29) is 37.1 Å². The molecule has 0 spiro atoms. The summed E-state index contributed by atoms with van der Waals surface area (Å²) in [7, 11) is 0. The van der Waals surface area contributed by atoms with Gasteiger partial charge in [0, 0.05) is 18.5 Å². The Balaban J connectivity index is 1.31. The van der Waals surface area contributed by atoms with Crippen LogP contribution in [-0.2, 0) is 45.0 Å². The number of H-pyrrole nitrogens is 2. The zero-order chi connectivity index (χ0) is 40.7. The molecule has 4 amide bonds. The fraction of sp³-hybridized carbons (Fsp3) is 0.429. The highest BCUT2D eigenvalue weighted by atomic mass is 16.3. The van der Waals surface area contributed by atoms with Crippen LogP contribution in [0, 0.1) is 17.8 Å². The Morgan fingerprint density at radius 2 is 1.58 bits per heavy atom. The summed E-state index contributed by atoms with van der Waals surface area (Å²) in [5.74, 6) is -2.12. The molecule has 3 aromatic carbocycles. The molecule has 0 saturated heterocycles. The second-order valence-corrected chi connectivity index (χ2v) is 15.1. The van der Waals surface area contributed by atoms with Gasteiger partial charge in [-0.25, -0.2) is 10.1 Å². The maximum Gasteiger partial charge on any atom is 0.243 e. The molecule has 6 atom stereocenters. The minimum absolute atomic E-state index is 0.0348. The standard InChI is InChI=1S/C42H54N10O5/c1-5-27(4)39(42(57)44-24-37-49-51-52-50-37)48-38(54)22-36(53)34(18-26(2)3)46-41(56)35(21-32-23-43-25-45-32)47-40(55)31(19-28-12-7-6-8-13-28)20-30-16-11-15-29-14-9-10-17-33(29)30/h6-17,23,25-27,31,34-36,39,53H,5,18-22,24H2,1-4H3,(H,43,45)(H,44,57)(H,46,56)(H,47,55)(H,48,54)(H,49,50,51,52)/t27-,31?,34-,35-,36-,39-/m0/s1. The van der Waals surface area contributed by atoms with Gasteiger partial charge in [0.05, 0.1) is 37.1 Å². The summed E-state index contributed by atoms with van der Waals surface area (Å²) in [6, 6.07) is 21.1. The predicted molar refractivity (Wildman–Crippen MR) is 215 cm³/mol. The van der Waals surface area contributed by atoms with E-state index in [0.717, 1.165) is 21.9 Å². The van der Waals surface area contributed by atoms with Crippen molar-refractivity contribution in [2.24, 2.45) is 17.8 Å². The van der Waals surface area contributed by atoms with Crippen LogP contribution < -0.4 is 21.3 Å². The Kier molecular flexibility index (Phi) is 15.4. The van der Waals surface area contributed by atoms with Gasteiger partial charge in [0.1, 0.15) is 12.1 Å². The average molecular weight is 779 g/mol. The number of amides is 4. The molecule has 0 aliphatic heterocycles. The number of carbonyl (C=O) groups is 4. The van der Waals surface area contributed by atoms with E-state index in [1.54, 1.807) is 6.20 Å². The first-order chi connectivity index (χ1) is 27.5. The number of benzene rings is 3. The minimum atomic E-state index is -1.30. The number of aromatic nitrogens is 6. The second-order valence-electron chi connectivity index (χ2n) is 15.1. The number of aromatic amines is 2. The Hall–Kier alpha value is -5.96. The molecule has 5 rings (SSSR count). The molecule has 0 saturated carbocycles. The summed E-state index contributed by atoms with van der Waals surface area (Å²) in [4.78, 5) is 62.3. The van der Waals surface area contributed by atoms with Gasteiger partial charge in [-0.3, -0.25) is 19.2 Å². The third-order valence-corrected chi connectivity index (χ3v) is 10.2. The van der Waals surface area contributed by atoms with Gasteiger partial charge in [-0.1, -0.05) is 107 Å². The summed E-state index contributed by atoms with van der Waals surface area (Å²) in [5, 5.41) is 38.5. The number of tetrazole rings is 1. The van der Waals surface area contributed by atoms with E-state index < -0.39 is 47.9 Å². The van der Waals surface area contributed by atoms with Crippen molar-refractivity contribution in [3.05, 3.63) is 108 Å².